The standard InChI is InChI=1S/C20H13F3N2.C12H12N2.C8H5F3O/c21-20(22,23)15-12-10-14(11-13-15)19-24-17-8-4-5-9-18(17)25(19)16-6-2-1-3-7-16;13-11-8-4-5-9-12(11)14-10-6-2-1-3-7-10;9-8(10,11)7-3-1-6(5-12)2-4-7/h1-13H;1-9,14H,13H2;1-5H. The fourth-order valence-electron chi connectivity index (χ4n) is 4.90. The number of aldehydes is 1. The van der Waals surface area contributed by atoms with Gasteiger partial charge in [0.1, 0.15) is 12.1 Å². The molecule has 0 unspecified atom stereocenters. The molecule has 6 aromatic carbocycles. The van der Waals surface area contributed by atoms with Crippen LogP contribution in [0.25, 0.3) is 28.1 Å². The van der Waals surface area contributed by atoms with Gasteiger partial charge in [-0.1, -0.05) is 84.9 Å². The lowest BCUT2D eigenvalue weighted by atomic mass is 10.1. The number of nitrogens with two attached hydrogens (primary N) is 1. The van der Waals surface area contributed by atoms with Crippen molar-refractivity contribution in [1.29, 1.82) is 0 Å². The minimum Gasteiger partial charge on any atom is -0.397 e. The number of rotatable bonds is 5. The number of imidazole rings is 1. The number of aromatic nitrogens is 2. The van der Waals surface area contributed by atoms with E-state index in [4.69, 9.17) is 5.73 Å². The highest BCUT2D eigenvalue weighted by Crippen LogP contribution is 2.33. The van der Waals surface area contributed by atoms with E-state index in [2.05, 4.69) is 10.3 Å². The van der Waals surface area contributed by atoms with Crippen molar-refractivity contribution >= 4 is 34.4 Å². The summed E-state index contributed by atoms with van der Waals surface area (Å²) in [5.74, 6) is 0.612. The van der Waals surface area contributed by atoms with Gasteiger partial charge in [0, 0.05) is 22.5 Å². The summed E-state index contributed by atoms with van der Waals surface area (Å²) in [6.07, 6.45) is -8.18. The molecular formula is C40H30F6N4O. The molecule has 0 aliphatic heterocycles. The first-order valence-corrected chi connectivity index (χ1v) is 15.4. The third-order valence-electron chi connectivity index (χ3n) is 7.43. The average Bonchev–Trinajstić information content (AvgIpc) is 3.53. The highest BCUT2D eigenvalue weighted by molar-refractivity contribution is 5.83. The molecule has 0 aliphatic rings. The number of carbonyl (C=O) groups is 1. The molecule has 51 heavy (non-hydrogen) atoms. The summed E-state index contributed by atoms with van der Waals surface area (Å²) in [5, 5.41) is 3.25. The van der Waals surface area contributed by atoms with Crippen molar-refractivity contribution in [3.63, 3.8) is 0 Å². The van der Waals surface area contributed by atoms with E-state index in [9.17, 15) is 31.1 Å². The summed E-state index contributed by atoms with van der Waals surface area (Å²) >= 11 is 0. The zero-order valence-corrected chi connectivity index (χ0v) is 26.7. The predicted octanol–water partition coefficient (Wildman–Crippen LogP) is 11.2. The number of alkyl halides is 6. The van der Waals surface area contributed by atoms with Crippen LogP contribution in [0, 0.1) is 0 Å². The van der Waals surface area contributed by atoms with Crippen molar-refractivity contribution in [2.45, 2.75) is 12.4 Å². The minimum atomic E-state index is -4.35. The van der Waals surface area contributed by atoms with Crippen LogP contribution >= 0.6 is 0 Å². The van der Waals surface area contributed by atoms with Gasteiger partial charge in [-0.2, -0.15) is 26.3 Å². The first-order chi connectivity index (χ1) is 24.4. The van der Waals surface area contributed by atoms with Crippen LogP contribution in [-0.2, 0) is 12.4 Å². The van der Waals surface area contributed by atoms with E-state index in [0.29, 0.717) is 17.7 Å². The van der Waals surface area contributed by atoms with Crippen molar-refractivity contribution < 1.29 is 31.1 Å². The second-order valence-electron chi connectivity index (χ2n) is 11.0. The SMILES string of the molecule is FC(F)(F)c1ccc(-c2nc3ccccc3n2-c2ccccc2)cc1.Nc1ccccc1Nc1ccccc1.O=Cc1ccc(C(F)(F)F)cc1. The molecule has 0 amide bonds. The molecule has 3 N–H and O–H groups in total. The monoisotopic (exact) mass is 696 g/mol. The average molecular weight is 697 g/mol. The van der Waals surface area contributed by atoms with E-state index < -0.39 is 23.5 Å². The van der Waals surface area contributed by atoms with Gasteiger partial charge in [0.25, 0.3) is 0 Å². The van der Waals surface area contributed by atoms with E-state index in [0.717, 1.165) is 70.2 Å². The molecular weight excluding hydrogens is 666 g/mol. The Morgan fingerprint density at radius 2 is 1.10 bits per heavy atom. The van der Waals surface area contributed by atoms with E-state index in [1.807, 2.05) is 114 Å². The highest BCUT2D eigenvalue weighted by atomic mass is 19.4. The summed E-state index contributed by atoms with van der Waals surface area (Å²) in [7, 11) is 0. The maximum Gasteiger partial charge on any atom is 0.416 e. The van der Waals surface area contributed by atoms with Gasteiger partial charge < -0.3 is 11.1 Å². The number of para-hydroxylation sites is 6. The van der Waals surface area contributed by atoms with Gasteiger partial charge in [0.15, 0.2) is 0 Å². The topological polar surface area (TPSA) is 72.9 Å². The fraction of sp³-hybridized carbons (Fsp3) is 0.0500. The molecule has 0 aliphatic carbocycles. The number of hydrogen-bond donors (Lipinski definition) is 2. The number of nitrogens with one attached hydrogen (secondary N) is 1. The molecule has 0 bridgehead atoms. The van der Waals surface area contributed by atoms with Gasteiger partial charge in [0.05, 0.1) is 33.5 Å². The Balaban J connectivity index is 0.000000164. The number of carbonyl (C=O) groups excluding carboxylic acids is 1. The van der Waals surface area contributed by atoms with Crippen molar-refractivity contribution in [3.05, 3.63) is 174 Å². The molecule has 1 aromatic heterocycles. The van der Waals surface area contributed by atoms with Crippen LogP contribution in [-0.4, -0.2) is 15.8 Å². The summed E-state index contributed by atoms with van der Waals surface area (Å²) < 4.78 is 76.2. The van der Waals surface area contributed by atoms with Gasteiger partial charge >= 0.3 is 12.4 Å². The highest BCUT2D eigenvalue weighted by Gasteiger charge is 2.31. The largest absolute Gasteiger partial charge is 0.416 e. The maximum absolute atomic E-state index is 12.8. The number of benzene rings is 6. The summed E-state index contributed by atoms with van der Waals surface area (Å²) in [4.78, 5) is 14.7. The number of anilines is 3. The molecule has 7 rings (SSSR count). The first-order valence-electron chi connectivity index (χ1n) is 15.4. The van der Waals surface area contributed by atoms with E-state index in [1.54, 1.807) is 0 Å². The third kappa shape index (κ3) is 9.42. The number of nitrogens with zero attached hydrogens (tertiary/aromatic N) is 2. The Morgan fingerprint density at radius 3 is 1.67 bits per heavy atom. The first kappa shape index (κ1) is 35.9. The van der Waals surface area contributed by atoms with E-state index >= 15 is 0 Å². The molecule has 0 saturated heterocycles. The predicted molar refractivity (Wildman–Crippen MR) is 189 cm³/mol. The molecule has 7 aromatic rings. The van der Waals surface area contributed by atoms with Crippen molar-refractivity contribution in [3.8, 4) is 17.1 Å². The van der Waals surface area contributed by atoms with E-state index in [-0.39, 0.29) is 5.56 Å². The number of halogens is 6. The Labute approximate surface area is 289 Å². The number of fused-ring (bicyclic) bond motifs is 1. The van der Waals surface area contributed by atoms with Gasteiger partial charge in [-0.25, -0.2) is 4.98 Å². The van der Waals surface area contributed by atoms with Gasteiger partial charge in [-0.15, -0.1) is 0 Å². The molecule has 1 heterocycles. The molecule has 0 saturated carbocycles. The Hall–Kier alpha value is -6.36. The molecule has 258 valence electrons. The minimum absolute atomic E-state index is 0.239. The van der Waals surface area contributed by atoms with Crippen LogP contribution in [0.1, 0.15) is 21.5 Å². The smallest absolute Gasteiger partial charge is 0.397 e. The zero-order chi connectivity index (χ0) is 36.4. The third-order valence-corrected chi connectivity index (χ3v) is 7.43. The van der Waals surface area contributed by atoms with Crippen molar-refractivity contribution in [1.82, 2.24) is 9.55 Å². The molecule has 0 spiro atoms. The molecule has 0 fully saturated rings. The molecule has 11 heteroatoms. The van der Waals surface area contributed by atoms with Crippen molar-refractivity contribution in [2.75, 3.05) is 11.1 Å². The van der Waals surface area contributed by atoms with E-state index in [1.165, 1.54) is 12.1 Å². The Morgan fingerprint density at radius 1 is 0.588 bits per heavy atom. The van der Waals surface area contributed by atoms with Crippen LogP contribution in [0.2, 0.25) is 0 Å². The summed E-state index contributed by atoms with van der Waals surface area (Å²) in [5.41, 5.74) is 10.6. The molecule has 0 atom stereocenters. The molecule has 0 radical (unpaired) electrons. The maximum atomic E-state index is 12.8. The van der Waals surface area contributed by atoms with Gasteiger partial charge in [0.2, 0.25) is 0 Å². The Kier molecular flexibility index (Phi) is 11.2. The summed E-state index contributed by atoms with van der Waals surface area (Å²) in [6, 6.07) is 44.1. The quantitative estimate of drug-likeness (QED) is 0.107. The molecule has 5 nitrogen and oxygen atoms in total. The fourth-order valence-corrected chi connectivity index (χ4v) is 4.90. The van der Waals surface area contributed by atoms with Gasteiger partial charge in [-0.05, 0) is 72.8 Å². The summed E-state index contributed by atoms with van der Waals surface area (Å²) in [6.45, 7) is 0. The van der Waals surface area contributed by atoms with Gasteiger partial charge in [-0.3, -0.25) is 9.36 Å². The number of hydrogen-bond acceptors (Lipinski definition) is 4. The lowest BCUT2D eigenvalue weighted by Gasteiger charge is -2.11. The van der Waals surface area contributed by atoms with Crippen LogP contribution in [0.15, 0.2) is 158 Å². The zero-order valence-electron chi connectivity index (χ0n) is 26.7. The Bertz CT molecular complexity index is 2160. The van der Waals surface area contributed by atoms with Crippen LogP contribution < -0.4 is 11.1 Å². The lowest BCUT2D eigenvalue weighted by Crippen LogP contribution is -2.04. The van der Waals surface area contributed by atoms with Crippen molar-refractivity contribution in [2.24, 2.45) is 0 Å². The second kappa shape index (κ2) is 15.9. The normalized spacial score (nSPS) is 11.1. The lowest BCUT2D eigenvalue weighted by molar-refractivity contribution is -0.138. The van der Waals surface area contributed by atoms with Crippen LogP contribution in [0.3, 0.4) is 0 Å². The second-order valence-corrected chi connectivity index (χ2v) is 11.0. The van der Waals surface area contributed by atoms with Crippen LogP contribution in [0.5, 0.6) is 0 Å². The van der Waals surface area contributed by atoms with Crippen LogP contribution in [0.4, 0.5) is 43.4 Å². The number of nitrogen functional groups attached to an aromatic ring is 1.